The van der Waals surface area contributed by atoms with Crippen LogP contribution in [-0.2, 0) is 7.05 Å². The minimum absolute atomic E-state index is 0.00639. The molecule has 0 fully saturated rings. The Morgan fingerprint density at radius 1 is 1.18 bits per heavy atom. The Labute approximate surface area is 65.7 Å². The first-order valence-corrected chi connectivity index (χ1v) is 3.55. The Morgan fingerprint density at radius 2 is 1.73 bits per heavy atom. The van der Waals surface area contributed by atoms with Gasteiger partial charge >= 0.3 is 0 Å². The van der Waals surface area contributed by atoms with Crippen molar-refractivity contribution in [3.63, 3.8) is 0 Å². The molecule has 0 saturated heterocycles. The van der Waals surface area contributed by atoms with Crippen LogP contribution in [0.25, 0.3) is 0 Å². The Morgan fingerprint density at radius 3 is 2.27 bits per heavy atom. The molecule has 0 atom stereocenters. The molecule has 60 valence electrons. The van der Waals surface area contributed by atoms with Crippen LogP contribution in [0.15, 0.2) is 4.79 Å². The van der Waals surface area contributed by atoms with Crippen LogP contribution < -0.4 is 5.56 Å². The highest BCUT2D eigenvalue weighted by Crippen LogP contribution is 2.02. The van der Waals surface area contributed by atoms with Gasteiger partial charge in [0, 0.05) is 12.6 Å². The molecule has 11 heavy (non-hydrogen) atoms. The van der Waals surface area contributed by atoms with Crippen molar-refractivity contribution in [2.45, 2.75) is 20.8 Å². The summed E-state index contributed by atoms with van der Waals surface area (Å²) in [6, 6.07) is 0. The Kier molecular flexibility index (Phi) is 1.81. The van der Waals surface area contributed by atoms with E-state index in [-0.39, 0.29) is 5.56 Å². The summed E-state index contributed by atoms with van der Waals surface area (Å²) in [6.45, 7) is 5.65. The molecular formula is C8H12N2O. The molecule has 0 aliphatic carbocycles. The lowest BCUT2D eigenvalue weighted by molar-refractivity contribution is 0.680. The van der Waals surface area contributed by atoms with E-state index in [1.807, 2.05) is 20.8 Å². The molecule has 1 rings (SSSR count). The largest absolute Gasteiger partial charge is 0.269 e. The zero-order valence-corrected chi connectivity index (χ0v) is 7.30. The maximum absolute atomic E-state index is 11.2. The number of hydrogen-bond donors (Lipinski definition) is 0. The molecule has 0 aliphatic heterocycles. The standard InChI is InChI=1S/C8H12N2O/c1-5-6(2)8(11)10(4)9-7(5)3/h1-4H3. The van der Waals surface area contributed by atoms with Crippen molar-refractivity contribution >= 4 is 0 Å². The number of nitrogens with zero attached hydrogens (tertiary/aromatic N) is 2. The predicted octanol–water partition coefficient (Wildman–Crippen LogP) is 0.706. The van der Waals surface area contributed by atoms with Crippen molar-refractivity contribution in [1.82, 2.24) is 9.78 Å². The average molecular weight is 152 g/mol. The molecule has 0 saturated carbocycles. The Bertz CT molecular complexity index is 339. The molecule has 0 N–H and O–H groups in total. The lowest BCUT2D eigenvalue weighted by Crippen LogP contribution is -2.24. The number of rotatable bonds is 0. The fraction of sp³-hybridized carbons (Fsp3) is 0.500. The second kappa shape index (κ2) is 2.49. The smallest absolute Gasteiger partial charge is 0.268 e. The summed E-state index contributed by atoms with van der Waals surface area (Å²) in [6.07, 6.45) is 0. The minimum atomic E-state index is -0.00639. The van der Waals surface area contributed by atoms with Crippen LogP contribution in [0.2, 0.25) is 0 Å². The van der Waals surface area contributed by atoms with Gasteiger partial charge in [-0.25, -0.2) is 4.68 Å². The van der Waals surface area contributed by atoms with E-state index >= 15 is 0 Å². The van der Waals surface area contributed by atoms with E-state index in [9.17, 15) is 4.79 Å². The van der Waals surface area contributed by atoms with E-state index in [4.69, 9.17) is 0 Å². The van der Waals surface area contributed by atoms with Crippen LogP contribution in [0.3, 0.4) is 0 Å². The quantitative estimate of drug-likeness (QED) is 0.548. The fourth-order valence-corrected chi connectivity index (χ4v) is 1.02. The van der Waals surface area contributed by atoms with Gasteiger partial charge in [-0.2, -0.15) is 5.10 Å². The summed E-state index contributed by atoms with van der Waals surface area (Å²) in [7, 11) is 1.67. The first-order valence-electron chi connectivity index (χ1n) is 3.55. The molecular weight excluding hydrogens is 140 g/mol. The van der Waals surface area contributed by atoms with Crippen molar-refractivity contribution < 1.29 is 0 Å². The van der Waals surface area contributed by atoms with E-state index in [0.29, 0.717) is 0 Å². The fourth-order valence-electron chi connectivity index (χ4n) is 1.02. The van der Waals surface area contributed by atoms with E-state index < -0.39 is 0 Å². The van der Waals surface area contributed by atoms with Gasteiger partial charge in [-0.15, -0.1) is 0 Å². The lowest BCUT2D eigenvalue weighted by Gasteiger charge is -2.04. The van der Waals surface area contributed by atoms with E-state index in [0.717, 1.165) is 16.8 Å². The molecule has 0 spiro atoms. The van der Waals surface area contributed by atoms with Gasteiger partial charge in [0.05, 0.1) is 5.69 Å². The van der Waals surface area contributed by atoms with Gasteiger partial charge in [-0.3, -0.25) is 4.79 Å². The Hall–Kier alpha value is -1.12. The lowest BCUT2D eigenvalue weighted by atomic mass is 10.1. The maximum Gasteiger partial charge on any atom is 0.269 e. The average Bonchev–Trinajstić information content (AvgIpc) is 1.97. The second-order valence-corrected chi connectivity index (χ2v) is 2.76. The monoisotopic (exact) mass is 152 g/mol. The summed E-state index contributed by atoms with van der Waals surface area (Å²) in [5, 5.41) is 4.04. The highest BCUT2D eigenvalue weighted by molar-refractivity contribution is 5.23. The van der Waals surface area contributed by atoms with Gasteiger partial charge in [0.2, 0.25) is 0 Å². The van der Waals surface area contributed by atoms with Crippen molar-refractivity contribution in [2.75, 3.05) is 0 Å². The van der Waals surface area contributed by atoms with Crippen molar-refractivity contribution in [2.24, 2.45) is 7.05 Å². The summed E-state index contributed by atoms with van der Waals surface area (Å²) < 4.78 is 1.37. The number of aryl methyl sites for hydroxylation is 2. The second-order valence-electron chi connectivity index (χ2n) is 2.76. The maximum atomic E-state index is 11.2. The molecule has 3 heteroatoms. The van der Waals surface area contributed by atoms with Crippen LogP contribution in [-0.4, -0.2) is 9.78 Å². The SMILES string of the molecule is Cc1nn(C)c(=O)c(C)c1C. The van der Waals surface area contributed by atoms with Crippen molar-refractivity contribution in [1.29, 1.82) is 0 Å². The van der Waals surface area contributed by atoms with Crippen LogP contribution in [0.4, 0.5) is 0 Å². The molecule has 0 unspecified atom stereocenters. The summed E-state index contributed by atoms with van der Waals surface area (Å²) in [4.78, 5) is 11.2. The summed E-state index contributed by atoms with van der Waals surface area (Å²) >= 11 is 0. The zero-order chi connectivity index (χ0) is 8.59. The Balaban J connectivity index is 3.59. The van der Waals surface area contributed by atoms with Crippen molar-refractivity contribution in [3.8, 4) is 0 Å². The predicted molar refractivity (Wildman–Crippen MR) is 43.7 cm³/mol. The van der Waals surface area contributed by atoms with Gasteiger partial charge < -0.3 is 0 Å². The molecule has 0 aliphatic rings. The van der Waals surface area contributed by atoms with E-state index in [1.54, 1.807) is 7.05 Å². The molecule has 0 bridgehead atoms. The molecule has 1 heterocycles. The van der Waals surface area contributed by atoms with Gasteiger partial charge in [-0.05, 0) is 26.3 Å². The van der Waals surface area contributed by atoms with E-state index in [1.165, 1.54) is 4.68 Å². The minimum Gasteiger partial charge on any atom is -0.268 e. The molecule has 0 amide bonds. The third kappa shape index (κ3) is 1.18. The highest BCUT2D eigenvalue weighted by atomic mass is 16.1. The van der Waals surface area contributed by atoms with Crippen LogP contribution in [0.5, 0.6) is 0 Å². The topological polar surface area (TPSA) is 34.9 Å². The summed E-state index contributed by atoms with van der Waals surface area (Å²) in [5.41, 5.74) is 2.70. The van der Waals surface area contributed by atoms with Gasteiger partial charge in [0.25, 0.3) is 5.56 Å². The highest BCUT2D eigenvalue weighted by Gasteiger charge is 2.03. The molecule has 3 nitrogen and oxygen atoms in total. The van der Waals surface area contributed by atoms with Crippen molar-refractivity contribution in [3.05, 3.63) is 27.2 Å². The summed E-state index contributed by atoms with van der Waals surface area (Å²) in [5.74, 6) is 0. The number of hydrogen-bond acceptors (Lipinski definition) is 2. The third-order valence-corrected chi connectivity index (χ3v) is 2.02. The number of aromatic nitrogens is 2. The first kappa shape index (κ1) is 7.98. The normalized spacial score (nSPS) is 10.2. The van der Waals surface area contributed by atoms with Gasteiger partial charge in [-0.1, -0.05) is 0 Å². The van der Waals surface area contributed by atoms with Crippen LogP contribution >= 0.6 is 0 Å². The molecule has 1 aromatic rings. The molecule has 0 radical (unpaired) electrons. The van der Waals surface area contributed by atoms with Gasteiger partial charge in [0.1, 0.15) is 0 Å². The first-order chi connectivity index (χ1) is 5.04. The van der Waals surface area contributed by atoms with E-state index in [2.05, 4.69) is 5.10 Å². The van der Waals surface area contributed by atoms with Crippen LogP contribution in [0.1, 0.15) is 16.8 Å². The molecule has 1 aromatic heterocycles. The zero-order valence-electron chi connectivity index (χ0n) is 7.30. The third-order valence-electron chi connectivity index (χ3n) is 2.02. The van der Waals surface area contributed by atoms with Crippen LogP contribution in [0, 0.1) is 20.8 Å². The van der Waals surface area contributed by atoms with Gasteiger partial charge in [0.15, 0.2) is 0 Å². The molecule has 0 aromatic carbocycles.